The minimum absolute atomic E-state index is 0.213. The number of rotatable bonds is 5. The average molecular weight is 396 g/mol. The molecule has 0 aliphatic heterocycles. The predicted molar refractivity (Wildman–Crippen MR) is 102 cm³/mol. The van der Waals surface area contributed by atoms with Crippen LogP contribution < -0.4 is 10.2 Å². The number of carbonyl (C=O) groups excluding carboxylic acids is 1. The monoisotopic (exact) mass is 394 g/mol. The highest BCUT2D eigenvalue weighted by atomic mass is 79.9. The molecule has 3 nitrogen and oxygen atoms in total. The summed E-state index contributed by atoms with van der Waals surface area (Å²) in [6.07, 6.45) is 0. The molecule has 2 aromatic carbocycles. The summed E-state index contributed by atoms with van der Waals surface area (Å²) in [6, 6.07) is 11.3. The van der Waals surface area contributed by atoms with Gasteiger partial charge < -0.3 is 10.2 Å². The van der Waals surface area contributed by atoms with E-state index in [1.807, 2.05) is 25.1 Å². The molecular weight excluding hydrogens is 376 g/mol. The number of amides is 1. The Morgan fingerprint density at radius 3 is 2.48 bits per heavy atom. The lowest BCUT2D eigenvalue weighted by molar-refractivity contribution is 0.102. The fraction of sp³-hybridized carbons (Fsp3) is 0.278. The van der Waals surface area contributed by atoms with E-state index in [0.717, 1.165) is 34.5 Å². The first-order chi connectivity index (χ1) is 11.0. The van der Waals surface area contributed by atoms with Gasteiger partial charge >= 0.3 is 0 Å². The molecule has 0 aliphatic carbocycles. The first kappa shape index (κ1) is 17.8. The molecule has 0 fully saturated rings. The largest absolute Gasteiger partial charge is 0.372 e. The molecule has 0 bridgehead atoms. The van der Waals surface area contributed by atoms with E-state index in [1.165, 1.54) is 0 Å². The van der Waals surface area contributed by atoms with Crippen LogP contribution >= 0.6 is 27.5 Å². The highest BCUT2D eigenvalue weighted by molar-refractivity contribution is 9.10. The second-order valence-corrected chi connectivity index (χ2v) is 6.57. The Hall–Kier alpha value is -1.52. The van der Waals surface area contributed by atoms with Crippen LogP contribution in [0, 0.1) is 6.92 Å². The summed E-state index contributed by atoms with van der Waals surface area (Å²) >= 11 is 9.47. The summed E-state index contributed by atoms with van der Waals surface area (Å²) in [7, 11) is 0. The van der Waals surface area contributed by atoms with E-state index >= 15 is 0 Å². The normalized spacial score (nSPS) is 10.5. The van der Waals surface area contributed by atoms with Crippen molar-refractivity contribution >= 4 is 44.8 Å². The fourth-order valence-electron chi connectivity index (χ4n) is 2.43. The van der Waals surface area contributed by atoms with Crippen molar-refractivity contribution in [2.75, 3.05) is 23.3 Å². The molecule has 2 rings (SSSR count). The highest BCUT2D eigenvalue weighted by Gasteiger charge is 2.13. The number of aryl methyl sites for hydroxylation is 1. The smallest absolute Gasteiger partial charge is 0.257 e. The summed E-state index contributed by atoms with van der Waals surface area (Å²) in [5, 5.41) is 3.37. The molecule has 0 atom stereocenters. The van der Waals surface area contributed by atoms with Gasteiger partial charge in [-0.15, -0.1) is 0 Å². The molecule has 1 amide bonds. The van der Waals surface area contributed by atoms with E-state index in [-0.39, 0.29) is 5.91 Å². The first-order valence-electron chi connectivity index (χ1n) is 7.58. The van der Waals surface area contributed by atoms with Crippen LogP contribution in [-0.2, 0) is 0 Å². The summed E-state index contributed by atoms with van der Waals surface area (Å²) in [5.41, 5.74) is 3.43. The Kier molecular flexibility index (Phi) is 6.08. The minimum Gasteiger partial charge on any atom is -0.372 e. The molecule has 1 N–H and O–H groups in total. The average Bonchev–Trinajstić information content (AvgIpc) is 2.53. The zero-order valence-electron chi connectivity index (χ0n) is 13.5. The van der Waals surface area contributed by atoms with Crippen molar-refractivity contribution in [3.05, 3.63) is 57.0 Å². The lowest BCUT2D eigenvalue weighted by atomic mass is 10.1. The van der Waals surface area contributed by atoms with E-state index in [1.54, 1.807) is 12.1 Å². The molecular formula is C18H20BrClN2O. The van der Waals surface area contributed by atoms with Crippen molar-refractivity contribution in [3.8, 4) is 0 Å². The van der Waals surface area contributed by atoms with Crippen LogP contribution in [0.2, 0.25) is 5.02 Å². The van der Waals surface area contributed by atoms with E-state index in [0.29, 0.717) is 10.6 Å². The van der Waals surface area contributed by atoms with Gasteiger partial charge in [-0.2, -0.15) is 0 Å². The molecule has 23 heavy (non-hydrogen) atoms. The summed E-state index contributed by atoms with van der Waals surface area (Å²) in [4.78, 5) is 14.7. The molecule has 0 aromatic heterocycles. The predicted octanol–water partition coefficient (Wildman–Crippen LogP) is 5.51. The molecule has 0 radical (unpaired) electrons. The quantitative estimate of drug-likeness (QED) is 0.724. The van der Waals surface area contributed by atoms with Crippen LogP contribution in [0.1, 0.15) is 29.8 Å². The summed E-state index contributed by atoms with van der Waals surface area (Å²) in [6.45, 7) is 8.16. The number of anilines is 2. The first-order valence-corrected chi connectivity index (χ1v) is 8.75. The van der Waals surface area contributed by atoms with Gasteiger partial charge in [-0.1, -0.05) is 27.5 Å². The molecule has 0 saturated heterocycles. The third kappa shape index (κ3) is 4.27. The number of carbonyl (C=O) groups is 1. The van der Waals surface area contributed by atoms with E-state index in [9.17, 15) is 4.79 Å². The van der Waals surface area contributed by atoms with Gasteiger partial charge in [0.05, 0.1) is 10.6 Å². The molecule has 2 aromatic rings. The second kappa shape index (κ2) is 7.84. The molecule has 122 valence electrons. The number of nitrogens with one attached hydrogen (secondary N) is 1. The minimum atomic E-state index is -0.213. The number of hydrogen-bond donors (Lipinski definition) is 1. The van der Waals surface area contributed by atoms with Gasteiger partial charge in [0.25, 0.3) is 5.91 Å². The van der Waals surface area contributed by atoms with E-state index in [2.05, 4.69) is 46.1 Å². The fourth-order valence-corrected chi connectivity index (χ4v) is 3.00. The third-order valence-corrected chi connectivity index (χ3v) is 4.58. The molecule has 0 unspecified atom stereocenters. The Morgan fingerprint density at radius 1 is 1.17 bits per heavy atom. The summed E-state index contributed by atoms with van der Waals surface area (Å²) < 4.78 is 0.820. The van der Waals surface area contributed by atoms with Crippen LogP contribution in [-0.4, -0.2) is 19.0 Å². The van der Waals surface area contributed by atoms with Crippen molar-refractivity contribution in [2.45, 2.75) is 20.8 Å². The van der Waals surface area contributed by atoms with Crippen LogP contribution in [0.4, 0.5) is 11.4 Å². The highest BCUT2D eigenvalue weighted by Crippen LogP contribution is 2.25. The summed E-state index contributed by atoms with van der Waals surface area (Å²) in [5.74, 6) is -0.213. The Morgan fingerprint density at radius 2 is 1.87 bits per heavy atom. The third-order valence-electron chi connectivity index (χ3n) is 3.76. The lowest BCUT2D eigenvalue weighted by Crippen LogP contribution is -2.22. The number of hydrogen-bond acceptors (Lipinski definition) is 2. The van der Waals surface area contributed by atoms with Crippen molar-refractivity contribution in [3.63, 3.8) is 0 Å². The topological polar surface area (TPSA) is 32.3 Å². The zero-order chi connectivity index (χ0) is 17.0. The maximum Gasteiger partial charge on any atom is 0.257 e. The SMILES string of the molecule is CCN(CC)c1ccc(NC(=O)c2cc(Br)ccc2Cl)c(C)c1. The van der Waals surface area contributed by atoms with E-state index in [4.69, 9.17) is 11.6 Å². The van der Waals surface area contributed by atoms with Gasteiger partial charge in [-0.05, 0) is 62.7 Å². The van der Waals surface area contributed by atoms with Crippen LogP contribution in [0.15, 0.2) is 40.9 Å². The molecule has 0 spiro atoms. The van der Waals surface area contributed by atoms with Crippen molar-refractivity contribution in [2.24, 2.45) is 0 Å². The van der Waals surface area contributed by atoms with Crippen molar-refractivity contribution in [1.82, 2.24) is 0 Å². The van der Waals surface area contributed by atoms with Gasteiger partial charge in [0.2, 0.25) is 0 Å². The van der Waals surface area contributed by atoms with Gasteiger partial charge in [-0.25, -0.2) is 0 Å². The number of benzene rings is 2. The Bertz CT molecular complexity index is 714. The maximum atomic E-state index is 12.4. The lowest BCUT2D eigenvalue weighted by Gasteiger charge is -2.22. The van der Waals surface area contributed by atoms with Crippen LogP contribution in [0.3, 0.4) is 0 Å². The van der Waals surface area contributed by atoms with Crippen molar-refractivity contribution < 1.29 is 4.79 Å². The molecule has 0 aliphatic rings. The molecule has 5 heteroatoms. The second-order valence-electron chi connectivity index (χ2n) is 5.25. The van der Waals surface area contributed by atoms with Crippen molar-refractivity contribution in [1.29, 1.82) is 0 Å². The van der Waals surface area contributed by atoms with Crippen LogP contribution in [0.5, 0.6) is 0 Å². The number of halogens is 2. The van der Waals surface area contributed by atoms with Gasteiger partial charge in [0, 0.05) is 28.9 Å². The Balaban J connectivity index is 2.23. The molecule has 0 saturated carbocycles. The van der Waals surface area contributed by atoms with Gasteiger partial charge in [0.1, 0.15) is 0 Å². The van der Waals surface area contributed by atoms with Crippen LogP contribution in [0.25, 0.3) is 0 Å². The zero-order valence-corrected chi connectivity index (χ0v) is 15.8. The van der Waals surface area contributed by atoms with E-state index < -0.39 is 0 Å². The standard InChI is InChI=1S/C18H20BrClN2O/c1-4-22(5-2)14-7-9-17(12(3)10-14)21-18(23)15-11-13(19)6-8-16(15)20/h6-11H,4-5H2,1-3H3,(H,21,23). The maximum absolute atomic E-state index is 12.4. The Labute approximate surface area is 150 Å². The van der Waals surface area contributed by atoms with Gasteiger partial charge in [0.15, 0.2) is 0 Å². The molecule has 0 heterocycles. The van der Waals surface area contributed by atoms with Gasteiger partial charge in [-0.3, -0.25) is 4.79 Å². The number of nitrogens with zero attached hydrogens (tertiary/aromatic N) is 1.